The number of carbonyl (C=O) groups is 1. The van der Waals surface area contributed by atoms with E-state index in [9.17, 15) is 15.3 Å². The van der Waals surface area contributed by atoms with Gasteiger partial charge in [0, 0.05) is 4.90 Å². The van der Waals surface area contributed by atoms with E-state index in [4.69, 9.17) is 4.74 Å². The minimum Gasteiger partial charge on any atom is -0.463 e. The Kier molecular flexibility index (Phi) is 4.84. The Morgan fingerprint density at radius 1 is 1.21 bits per heavy atom. The van der Waals surface area contributed by atoms with E-state index >= 15 is 0 Å². The number of benzene rings is 2. The maximum atomic E-state index is 12.8. The van der Waals surface area contributed by atoms with E-state index in [-0.39, 0.29) is 6.61 Å². The monoisotopic (exact) mass is 400 g/mol. The summed E-state index contributed by atoms with van der Waals surface area (Å²) in [4.78, 5) is 20.3. The van der Waals surface area contributed by atoms with E-state index < -0.39 is 12.0 Å². The largest absolute Gasteiger partial charge is 0.463 e. The third kappa shape index (κ3) is 3.06. The van der Waals surface area contributed by atoms with Gasteiger partial charge in [0.05, 0.1) is 40.7 Å². The van der Waals surface area contributed by atoms with Crippen LogP contribution < -0.4 is 4.90 Å². The molecule has 0 aliphatic carbocycles. The molecule has 2 aliphatic rings. The van der Waals surface area contributed by atoms with Crippen molar-refractivity contribution in [3.63, 3.8) is 0 Å². The van der Waals surface area contributed by atoms with Crippen molar-refractivity contribution < 1.29 is 9.53 Å². The molecule has 29 heavy (non-hydrogen) atoms. The summed E-state index contributed by atoms with van der Waals surface area (Å²) in [5.74, 6) is -0.408. The van der Waals surface area contributed by atoms with Crippen LogP contribution in [0.1, 0.15) is 36.6 Å². The van der Waals surface area contributed by atoms with Crippen molar-refractivity contribution in [3.05, 3.63) is 70.4 Å². The molecule has 0 aromatic heterocycles. The van der Waals surface area contributed by atoms with Crippen LogP contribution in [0.2, 0.25) is 0 Å². The van der Waals surface area contributed by atoms with Gasteiger partial charge in [-0.3, -0.25) is 0 Å². The lowest BCUT2D eigenvalue weighted by Gasteiger charge is -2.34. The van der Waals surface area contributed by atoms with Crippen LogP contribution in [-0.4, -0.2) is 17.7 Å². The van der Waals surface area contributed by atoms with Gasteiger partial charge in [0.15, 0.2) is 5.17 Å². The molecule has 0 unspecified atom stereocenters. The molecule has 0 bridgehead atoms. The molecule has 142 valence electrons. The Morgan fingerprint density at radius 2 is 1.90 bits per heavy atom. The van der Waals surface area contributed by atoms with E-state index in [0.717, 1.165) is 16.1 Å². The van der Waals surface area contributed by atoms with Gasteiger partial charge in [-0.25, -0.2) is 9.79 Å². The molecule has 2 aliphatic heterocycles. The Balaban J connectivity index is 1.94. The summed E-state index contributed by atoms with van der Waals surface area (Å²) in [5, 5.41) is 19.5. The SMILES string of the molecule is CCOC(=O)C1=C(C)N=C2Sc3cc(C#N)c(C#N)cc3N2[C@@H]1c1ccccc1. The van der Waals surface area contributed by atoms with Gasteiger partial charge < -0.3 is 9.64 Å². The van der Waals surface area contributed by atoms with Crippen molar-refractivity contribution >= 4 is 28.6 Å². The number of ether oxygens (including phenoxy) is 1. The van der Waals surface area contributed by atoms with Crippen LogP contribution in [0.15, 0.2) is 63.6 Å². The lowest BCUT2D eigenvalue weighted by molar-refractivity contribution is -0.138. The molecule has 1 atom stereocenters. The summed E-state index contributed by atoms with van der Waals surface area (Å²) in [7, 11) is 0. The third-order valence-corrected chi connectivity index (χ3v) is 5.82. The standard InChI is InChI=1S/C22H16N4O2S/c1-3-28-21(27)19-13(2)25-22-26(20(19)14-7-5-4-6-8-14)17-9-15(11-23)16(12-24)10-18(17)29-22/h4-10,20H,3H2,1-2H3/t20-/m1/s1. The lowest BCUT2D eigenvalue weighted by Crippen LogP contribution is -2.37. The quantitative estimate of drug-likeness (QED) is 0.714. The maximum Gasteiger partial charge on any atom is 0.338 e. The number of carbonyl (C=O) groups excluding carboxylic acids is 1. The molecule has 2 aromatic rings. The molecule has 0 saturated carbocycles. The average molecular weight is 400 g/mol. The van der Waals surface area contributed by atoms with Gasteiger partial charge in [-0.15, -0.1) is 0 Å². The summed E-state index contributed by atoms with van der Waals surface area (Å²) >= 11 is 1.43. The summed E-state index contributed by atoms with van der Waals surface area (Å²) in [6.07, 6.45) is 0. The molecular weight excluding hydrogens is 384 g/mol. The topological polar surface area (TPSA) is 89.5 Å². The summed E-state index contributed by atoms with van der Waals surface area (Å²) in [5.41, 5.74) is 3.36. The van der Waals surface area contributed by atoms with Gasteiger partial charge >= 0.3 is 5.97 Å². The fraction of sp³-hybridized carbons (Fsp3) is 0.182. The molecule has 2 aromatic carbocycles. The van der Waals surface area contributed by atoms with Crippen LogP contribution in [0.25, 0.3) is 0 Å². The molecule has 0 N–H and O–H groups in total. The first-order chi connectivity index (χ1) is 14.1. The van der Waals surface area contributed by atoms with Crippen molar-refractivity contribution in [2.75, 3.05) is 11.5 Å². The van der Waals surface area contributed by atoms with Gasteiger partial charge in [-0.2, -0.15) is 10.5 Å². The molecule has 0 saturated heterocycles. The number of esters is 1. The number of nitriles is 2. The van der Waals surface area contributed by atoms with Crippen LogP contribution in [0.5, 0.6) is 0 Å². The van der Waals surface area contributed by atoms with Crippen molar-refractivity contribution in [1.29, 1.82) is 10.5 Å². The molecular formula is C22H16N4O2S. The molecule has 0 fully saturated rings. The number of rotatable bonds is 3. The number of thioether (sulfide) groups is 1. The van der Waals surface area contributed by atoms with Crippen LogP contribution in [0.3, 0.4) is 0 Å². The number of allylic oxidation sites excluding steroid dienone is 1. The maximum absolute atomic E-state index is 12.8. The second-order valence-corrected chi connectivity index (χ2v) is 7.50. The van der Waals surface area contributed by atoms with E-state index in [0.29, 0.717) is 27.6 Å². The molecule has 0 spiro atoms. The number of fused-ring (bicyclic) bond motifs is 3. The van der Waals surface area contributed by atoms with Crippen LogP contribution in [0, 0.1) is 22.7 Å². The van der Waals surface area contributed by atoms with E-state index in [1.54, 1.807) is 26.0 Å². The average Bonchev–Trinajstić information content (AvgIpc) is 3.08. The highest BCUT2D eigenvalue weighted by Gasteiger charge is 2.42. The van der Waals surface area contributed by atoms with E-state index in [1.807, 2.05) is 35.2 Å². The molecule has 6 nitrogen and oxygen atoms in total. The third-order valence-electron chi connectivity index (χ3n) is 4.80. The van der Waals surface area contributed by atoms with Crippen molar-refractivity contribution in [3.8, 4) is 12.1 Å². The van der Waals surface area contributed by atoms with Crippen LogP contribution in [-0.2, 0) is 9.53 Å². The van der Waals surface area contributed by atoms with Crippen molar-refractivity contribution in [2.45, 2.75) is 24.8 Å². The predicted octanol–water partition coefficient (Wildman–Crippen LogP) is 4.29. The first-order valence-electron chi connectivity index (χ1n) is 9.05. The lowest BCUT2D eigenvalue weighted by atomic mass is 9.93. The molecule has 4 rings (SSSR count). The highest BCUT2D eigenvalue weighted by molar-refractivity contribution is 8.14. The predicted molar refractivity (Wildman–Crippen MR) is 110 cm³/mol. The Bertz CT molecular complexity index is 1160. The molecule has 0 amide bonds. The first-order valence-corrected chi connectivity index (χ1v) is 9.87. The number of hydrogen-bond acceptors (Lipinski definition) is 7. The number of amidine groups is 1. The second kappa shape index (κ2) is 7.46. The summed E-state index contributed by atoms with van der Waals surface area (Å²) in [6.45, 7) is 3.84. The molecule has 7 heteroatoms. The Hall–Kier alpha value is -3.55. The smallest absolute Gasteiger partial charge is 0.338 e. The summed E-state index contributed by atoms with van der Waals surface area (Å²) in [6, 6.07) is 16.8. The first kappa shape index (κ1) is 18.8. The van der Waals surface area contributed by atoms with Crippen molar-refractivity contribution in [1.82, 2.24) is 0 Å². The van der Waals surface area contributed by atoms with E-state index in [1.165, 1.54) is 11.8 Å². The van der Waals surface area contributed by atoms with Gasteiger partial charge in [0.25, 0.3) is 0 Å². The normalized spacial score (nSPS) is 17.0. The number of aliphatic imine (C=N–C) groups is 1. The zero-order valence-corrected chi connectivity index (χ0v) is 16.7. The van der Waals surface area contributed by atoms with Crippen molar-refractivity contribution in [2.24, 2.45) is 4.99 Å². The zero-order valence-electron chi connectivity index (χ0n) is 15.8. The number of anilines is 1. The highest BCUT2D eigenvalue weighted by Crippen LogP contribution is 2.50. The summed E-state index contributed by atoms with van der Waals surface area (Å²) < 4.78 is 5.33. The molecule has 2 heterocycles. The van der Waals surface area contributed by atoms with Gasteiger partial charge in [0.2, 0.25) is 0 Å². The van der Waals surface area contributed by atoms with Gasteiger partial charge in [-0.05, 0) is 43.3 Å². The second-order valence-electron chi connectivity index (χ2n) is 6.49. The van der Waals surface area contributed by atoms with Gasteiger partial charge in [0.1, 0.15) is 12.1 Å². The van der Waals surface area contributed by atoms with Crippen LogP contribution >= 0.6 is 11.8 Å². The minimum atomic E-state index is -0.434. The Labute approximate surface area is 172 Å². The fourth-order valence-electron chi connectivity index (χ4n) is 3.55. The zero-order chi connectivity index (χ0) is 20.5. The number of hydrogen-bond donors (Lipinski definition) is 0. The fourth-order valence-corrected chi connectivity index (χ4v) is 4.67. The van der Waals surface area contributed by atoms with E-state index in [2.05, 4.69) is 17.1 Å². The van der Waals surface area contributed by atoms with Crippen LogP contribution in [0.4, 0.5) is 5.69 Å². The Morgan fingerprint density at radius 3 is 2.55 bits per heavy atom. The highest BCUT2D eigenvalue weighted by atomic mass is 32.2. The number of nitrogens with zero attached hydrogens (tertiary/aromatic N) is 4. The van der Waals surface area contributed by atoms with Gasteiger partial charge in [-0.1, -0.05) is 30.3 Å². The minimum absolute atomic E-state index is 0.267. The molecule has 0 radical (unpaired) electrons.